The smallest absolute Gasteiger partial charge is 0.270 e. The Morgan fingerprint density at radius 2 is 2.13 bits per heavy atom. The van der Waals surface area contributed by atoms with Gasteiger partial charge in [-0.05, 0) is 24.6 Å². The molecule has 1 heterocycles. The van der Waals surface area contributed by atoms with Gasteiger partial charge in [-0.1, -0.05) is 23.7 Å². The summed E-state index contributed by atoms with van der Waals surface area (Å²) < 4.78 is 27.4. The Kier molecular flexibility index (Phi) is 2.47. The molecule has 82 valence electrons. The van der Waals surface area contributed by atoms with Gasteiger partial charge in [-0.15, -0.1) is 0 Å². The van der Waals surface area contributed by atoms with Gasteiger partial charge in [0.15, 0.2) is 0 Å². The maximum atomic E-state index is 13.7. The van der Waals surface area contributed by atoms with Crippen molar-refractivity contribution in [3.8, 4) is 0 Å². The van der Waals surface area contributed by atoms with Crippen LogP contribution in [0.2, 0.25) is 5.02 Å². The zero-order chi connectivity index (χ0) is 11.1. The van der Waals surface area contributed by atoms with Gasteiger partial charge in [0.2, 0.25) is 0 Å². The largest absolute Gasteiger partial charge is 0.302 e. The molecular formula is C11H12ClF2N. The van der Waals surface area contributed by atoms with Gasteiger partial charge >= 0.3 is 0 Å². The first-order chi connectivity index (χ1) is 6.96. The summed E-state index contributed by atoms with van der Waals surface area (Å²) in [5.74, 6) is -2.72. The summed E-state index contributed by atoms with van der Waals surface area (Å²) >= 11 is 5.81. The number of rotatable bonds is 1. The third-order valence-electron chi connectivity index (χ3n) is 3.05. The molecule has 4 heteroatoms. The van der Waals surface area contributed by atoms with Crippen LogP contribution in [-0.2, 0) is 5.54 Å². The molecule has 0 radical (unpaired) electrons. The first-order valence-electron chi connectivity index (χ1n) is 4.85. The molecule has 15 heavy (non-hydrogen) atoms. The summed E-state index contributed by atoms with van der Waals surface area (Å²) in [4.78, 5) is 0. The van der Waals surface area contributed by atoms with E-state index in [2.05, 4.69) is 5.32 Å². The maximum absolute atomic E-state index is 13.7. The van der Waals surface area contributed by atoms with Crippen LogP contribution in [-0.4, -0.2) is 12.5 Å². The van der Waals surface area contributed by atoms with Crippen LogP contribution in [0, 0.1) is 0 Å². The first kappa shape index (κ1) is 10.8. The second-order valence-corrected chi connectivity index (χ2v) is 4.45. The fourth-order valence-electron chi connectivity index (χ4n) is 1.96. The molecule has 0 aromatic heterocycles. The highest BCUT2D eigenvalue weighted by molar-refractivity contribution is 6.30. The SMILES string of the molecule is CC1(c2cccc(Cl)c2)NCCC1(F)F. The fraction of sp³-hybridized carbons (Fsp3) is 0.455. The molecule has 2 rings (SSSR count). The van der Waals surface area contributed by atoms with Crippen LogP contribution in [0.5, 0.6) is 0 Å². The minimum atomic E-state index is -2.72. The minimum absolute atomic E-state index is 0.129. The van der Waals surface area contributed by atoms with Crippen molar-refractivity contribution in [3.05, 3.63) is 34.9 Å². The summed E-state index contributed by atoms with van der Waals surface area (Å²) in [5.41, 5.74) is -0.754. The molecule has 1 aromatic carbocycles. The van der Waals surface area contributed by atoms with Crippen LogP contribution < -0.4 is 5.32 Å². The minimum Gasteiger partial charge on any atom is -0.302 e. The molecule has 0 amide bonds. The summed E-state index contributed by atoms with van der Waals surface area (Å²) in [6, 6.07) is 6.65. The van der Waals surface area contributed by atoms with E-state index in [1.165, 1.54) is 6.92 Å². The van der Waals surface area contributed by atoms with Crippen molar-refractivity contribution >= 4 is 11.6 Å². The van der Waals surface area contributed by atoms with Gasteiger partial charge in [0.05, 0.1) is 0 Å². The lowest BCUT2D eigenvalue weighted by Gasteiger charge is -2.31. The van der Waals surface area contributed by atoms with Crippen molar-refractivity contribution in [2.24, 2.45) is 0 Å². The third kappa shape index (κ3) is 1.64. The van der Waals surface area contributed by atoms with E-state index in [9.17, 15) is 8.78 Å². The van der Waals surface area contributed by atoms with Crippen LogP contribution in [0.1, 0.15) is 18.9 Å². The number of hydrogen-bond acceptors (Lipinski definition) is 1. The van der Waals surface area contributed by atoms with Crippen molar-refractivity contribution in [1.82, 2.24) is 5.32 Å². The Morgan fingerprint density at radius 1 is 1.40 bits per heavy atom. The Morgan fingerprint density at radius 3 is 2.67 bits per heavy atom. The van der Waals surface area contributed by atoms with Crippen LogP contribution in [0.25, 0.3) is 0 Å². The van der Waals surface area contributed by atoms with Crippen LogP contribution in [0.15, 0.2) is 24.3 Å². The normalized spacial score (nSPS) is 29.3. The predicted molar refractivity (Wildman–Crippen MR) is 56.4 cm³/mol. The fourth-order valence-corrected chi connectivity index (χ4v) is 2.15. The lowest BCUT2D eigenvalue weighted by molar-refractivity contribution is -0.0559. The molecule has 1 unspecified atom stereocenters. The highest BCUT2D eigenvalue weighted by Crippen LogP contribution is 2.43. The quantitative estimate of drug-likeness (QED) is 0.783. The third-order valence-corrected chi connectivity index (χ3v) is 3.29. The molecule has 1 N–H and O–H groups in total. The van der Waals surface area contributed by atoms with E-state index < -0.39 is 11.5 Å². The van der Waals surface area contributed by atoms with Gasteiger partial charge in [0.1, 0.15) is 5.54 Å². The molecule has 1 atom stereocenters. The number of halogens is 3. The molecule has 1 saturated heterocycles. The van der Waals surface area contributed by atoms with Gasteiger partial charge in [0, 0.05) is 18.0 Å². The first-order valence-corrected chi connectivity index (χ1v) is 5.22. The lowest BCUT2D eigenvalue weighted by Crippen LogP contribution is -2.46. The van der Waals surface area contributed by atoms with E-state index in [1.54, 1.807) is 24.3 Å². The van der Waals surface area contributed by atoms with Gasteiger partial charge in [-0.25, -0.2) is 8.78 Å². The molecule has 1 aliphatic heterocycles. The second-order valence-electron chi connectivity index (χ2n) is 4.02. The summed E-state index contributed by atoms with van der Waals surface area (Å²) in [7, 11) is 0. The number of benzene rings is 1. The molecular weight excluding hydrogens is 220 g/mol. The van der Waals surface area contributed by atoms with Gasteiger partial charge in [-0.2, -0.15) is 0 Å². The number of hydrogen-bond donors (Lipinski definition) is 1. The van der Waals surface area contributed by atoms with Crippen LogP contribution in [0.4, 0.5) is 8.78 Å². The molecule has 1 nitrogen and oxygen atoms in total. The average Bonchev–Trinajstić information content (AvgIpc) is 2.43. The second kappa shape index (κ2) is 3.42. The standard InChI is InChI=1S/C11H12ClF2N/c1-10(11(13,14)5-6-15-10)8-3-2-4-9(12)7-8/h2-4,7,15H,5-6H2,1H3. The van der Waals surface area contributed by atoms with Crippen molar-refractivity contribution in [2.45, 2.75) is 24.8 Å². The zero-order valence-electron chi connectivity index (χ0n) is 8.36. The molecule has 0 bridgehead atoms. The summed E-state index contributed by atoms with van der Waals surface area (Å²) in [6.07, 6.45) is -0.129. The van der Waals surface area contributed by atoms with Crippen molar-refractivity contribution in [2.75, 3.05) is 6.54 Å². The summed E-state index contributed by atoms with van der Waals surface area (Å²) in [6.45, 7) is 1.85. The van der Waals surface area contributed by atoms with Crippen molar-refractivity contribution in [3.63, 3.8) is 0 Å². The van der Waals surface area contributed by atoms with E-state index in [0.717, 1.165) is 0 Å². The van der Waals surface area contributed by atoms with Gasteiger partial charge < -0.3 is 5.32 Å². The van der Waals surface area contributed by atoms with E-state index in [4.69, 9.17) is 11.6 Å². The van der Waals surface area contributed by atoms with Gasteiger partial charge in [-0.3, -0.25) is 0 Å². The molecule has 1 fully saturated rings. The highest BCUT2D eigenvalue weighted by Gasteiger charge is 2.54. The Labute approximate surface area is 92.4 Å². The Balaban J connectivity index is 2.45. The molecule has 1 aromatic rings. The van der Waals surface area contributed by atoms with Crippen LogP contribution in [0.3, 0.4) is 0 Å². The van der Waals surface area contributed by atoms with Gasteiger partial charge in [0.25, 0.3) is 5.92 Å². The topological polar surface area (TPSA) is 12.0 Å². The van der Waals surface area contributed by atoms with Crippen LogP contribution >= 0.6 is 11.6 Å². The zero-order valence-corrected chi connectivity index (χ0v) is 9.11. The van der Waals surface area contributed by atoms with E-state index in [1.807, 2.05) is 0 Å². The highest BCUT2D eigenvalue weighted by atomic mass is 35.5. The van der Waals surface area contributed by atoms with E-state index >= 15 is 0 Å². The molecule has 0 saturated carbocycles. The number of alkyl halides is 2. The molecule has 1 aliphatic rings. The van der Waals surface area contributed by atoms with Crippen molar-refractivity contribution < 1.29 is 8.78 Å². The van der Waals surface area contributed by atoms with E-state index in [-0.39, 0.29) is 6.42 Å². The maximum Gasteiger partial charge on any atom is 0.270 e. The van der Waals surface area contributed by atoms with E-state index in [0.29, 0.717) is 17.1 Å². The Hall–Kier alpha value is -0.670. The average molecular weight is 232 g/mol. The number of nitrogens with one attached hydrogen (secondary N) is 1. The Bertz CT molecular complexity index is 381. The summed E-state index contributed by atoms with van der Waals surface area (Å²) in [5, 5.41) is 3.34. The molecule has 0 aliphatic carbocycles. The molecule has 0 spiro atoms. The lowest BCUT2D eigenvalue weighted by atomic mass is 9.87. The van der Waals surface area contributed by atoms with Crippen molar-refractivity contribution in [1.29, 1.82) is 0 Å². The monoisotopic (exact) mass is 231 g/mol. The predicted octanol–water partition coefficient (Wildman–Crippen LogP) is 3.18.